The molecule has 0 amide bonds. The maximum Gasteiger partial charge on any atom is 0.227 e. The molecule has 2 aromatic rings. The number of anilines is 1. The predicted molar refractivity (Wildman–Crippen MR) is 84.9 cm³/mol. The van der Waals surface area contributed by atoms with Crippen molar-refractivity contribution in [2.75, 3.05) is 11.9 Å². The molecule has 19 heavy (non-hydrogen) atoms. The Balaban J connectivity index is 2.37. The minimum atomic E-state index is 0.604. The van der Waals surface area contributed by atoms with Crippen LogP contribution in [0.15, 0.2) is 24.3 Å². The van der Waals surface area contributed by atoms with Crippen LogP contribution in [-0.2, 0) is 0 Å². The number of benzene rings is 1. The number of hydrogen-bond donors (Lipinski definition) is 1. The standard InChI is InChI=1S/C14H16IN3O/c1-4-16-13-9(2)14(18-10(3)17-13)19-12-8-6-5-7-11(12)15/h5-8H,4H2,1-3H3,(H,16,17,18). The predicted octanol–water partition coefficient (Wildman–Crippen LogP) is 3.92. The molecule has 0 atom stereocenters. The molecule has 0 aliphatic carbocycles. The number of aromatic nitrogens is 2. The summed E-state index contributed by atoms with van der Waals surface area (Å²) in [4.78, 5) is 8.76. The van der Waals surface area contributed by atoms with Gasteiger partial charge in [0.2, 0.25) is 5.88 Å². The van der Waals surface area contributed by atoms with Crippen molar-refractivity contribution in [2.24, 2.45) is 0 Å². The Bertz CT molecular complexity index is 587. The molecule has 0 unspecified atom stereocenters. The fourth-order valence-corrected chi connectivity index (χ4v) is 2.17. The van der Waals surface area contributed by atoms with Crippen molar-refractivity contribution in [2.45, 2.75) is 20.8 Å². The van der Waals surface area contributed by atoms with Crippen molar-refractivity contribution < 1.29 is 4.74 Å². The summed E-state index contributed by atoms with van der Waals surface area (Å²) in [5, 5.41) is 3.22. The minimum Gasteiger partial charge on any atom is -0.437 e. The van der Waals surface area contributed by atoms with Gasteiger partial charge in [0.15, 0.2) is 0 Å². The first kappa shape index (κ1) is 14.0. The zero-order chi connectivity index (χ0) is 13.8. The Labute approximate surface area is 126 Å². The fourth-order valence-electron chi connectivity index (χ4n) is 1.67. The van der Waals surface area contributed by atoms with Crippen molar-refractivity contribution >= 4 is 28.4 Å². The molecule has 4 nitrogen and oxygen atoms in total. The molecule has 0 saturated carbocycles. The SMILES string of the molecule is CCNc1nc(C)nc(Oc2ccccc2I)c1C. The molecular weight excluding hydrogens is 353 g/mol. The van der Waals surface area contributed by atoms with Crippen molar-refractivity contribution in [1.29, 1.82) is 0 Å². The highest BCUT2D eigenvalue weighted by atomic mass is 127. The van der Waals surface area contributed by atoms with E-state index in [4.69, 9.17) is 4.74 Å². The number of aryl methyl sites for hydroxylation is 1. The van der Waals surface area contributed by atoms with E-state index in [9.17, 15) is 0 Å². The first-order valence-corrected chi connectivity index (χ1v) is 7.21. The molecule has 0 bridgehead atoms. The fraction of sp³-hybridized carbons (Fsp3) is 0.286. The molecule has 0 fully saturated rings. The number of para-hydroxylation sites is 1. The maximum absolute atomic E-state index is 5.91. The molecular formula is C14H16IN3O. The Kier molecular flexibility index (Phi) is 4.57. The van der Waals surface area contributed by atoms with Gasteiger partial charge in [0.1, 0.15) is 17.4 Å². The highest BCUT2D eigenvalue weighted by molar-refractivity contribution is 14.1. The second-order valence-electron chi connectivity index (χ2n) is 4.11. The zero-order valence-electron chi connectivity index (χ0n) is 11.2. The van der Waals surface area contributed by atoms with Gasteiger partial charge in [-0.05, 0) is 55.5 Å². The third-order valence-corrected chi connectivity index (χ3v) is 3.49. The van der Waals surface area contributed by atoms with Gasteiger partial charge in [0, 0.05) is 6.54 Å². The minimum absolute atomic E-state index is 0.604. The molecule has 1 aromatic heterocycles. The summed E-state index contributed by atoms with van der Waals surface area (Å²) in [6.07, 6.45) is 0. The van der Waals surface area contributed by atoms with E-state index in [0.29, 0.717) is 11.7 Å². The summed E-state index contributed by atoms with van der Waals surface area (Å²) in [6.45, 7) is 6.68. The van der Waals surface area contributed by atoms with E-state index in [-0.39, 0.29) is 0 Å². The van der Waals surface area contributed by atoms with E-state index in [0.717, 1.165) is 27.2 Å². The van der Waals surface area contributed by atoms with Gasteiger partial charge in [-0.15, -0.1) is 0 Å². The summed E-state index contributed by atoms with van der Waals surface area (Å²) in [7, 11) is 0. The Morgan fingerprint density at radius 2 is 1.95 bits per heavy atom. The molecule has 0 radical (unpaired) electrons. The molecule has 1 N–H and O–H groups in total. The lowest BCUT2D eigenvalue weighted by molar-refractivity contribution is 0.453. The topological polar surface area (TPSA) is 47.0 Å². The summed E-state index contributed by atoms with van der Waals surface area (Å²) in [5.41, 5.74) is 0.923. The number of nitrogens with zero attached hydrogens (tertiary/aromatic N) is 2. The Hall–Kier alpha value is -1.37. The molecule has 0 spiro atoms. The van der Waals surface area contributed by atoms with Crippen LogP contribution in [0.25, 0.3) is 0 Å². The highest BCUT2D eigenvalue weighted by Gasteiger charge is 2.11. The molecule has 100 valence electrons. The quantitative estimate of drug-likeness (QED) is 0.830. The average Bonchev–Trinajstić information content (AvgIpc) is 2.38. The van der Waals surface area contributed by atoms with Gasteiger partial charge in [0.25, 0.3) is 0 Å². The van der Waals surface area contributed by atoms with E-state index in [1.165, 1.54) is 0 Å². The summed E-state index contributed by atoms with van der Waals surface area (Å²) in [6, 6.07) is 7.87. The number of nitrogens with one attached hydrogen (secondary N) is 1. The van der Waals surface area contributed by atoms with Crippen LogP contribution in [0.1, 0.15) is 18.3 Å². The van der Waals surface area contributed by atoms with Gasteiger partial charge in [-0.25, -0.2) is 4.98 Å². The van der Waals surface area contributed by atoms with Gasteiger partial charge in [-0.2, -0.15) is 4.98 Å². The van der Waals surface area contributed by atoms with E-state index >= 15 is 0 Å². The van der Waals surface area contributed by atoms with Gasteiger partial charge < -0.3 is 10.1 Å². The summed E-state index contributed by atoms with van der Waals surface area (Å²) < 4.78 is 6.97. The largest absolute Gasteiger partial charge is 0.437 e. The Morgan fingerprint density at radius 1 is 1.21 bits per heavy atom. The molecule has 0 aliphatic heterocycles. The van der Waals surface area contributed by atoms with Gasteiger partial charge >= 0.3 is 0 Å². The zero-order valence-corrected chi connectivity index (χ0v) is 13.4. The molecule has 2 rings (SSSR count). The van der Waals surface area contributed by atoms with E-state index < -0.39 is 0 Å². The van der Waals surface area contributed by atoms with Crippen molar-refractivity contribution in [3.8, 4) is 11.6 Å². The normalized spacial score (nSPS) is 10.3. The van der Waals surface area contributed by atoms with Crippen LogP contribution in [0, 0.1) is 17.4 Å². The lowest BCUT2D eigenvalue weighted by Crippen LogP contribution is -2.06. The lowest BCUT2D eigenvalue weighted by Gasteiger charge is -2.13. The third-order valence-electron chi connectivity index (χ3n) is 2.60. The highest BCUT2D eigenvalue weighted by Crippen LogP contribution is 2.29. The van der Waals surface area contributed by atoms with E-state index in [1.54, 1.807) is 0 Å². The first-order valence-electron chi connectivity index (χ1n) is 6.13. The summed E-state index contributed by atoms with van der Waals surface area (Å²) >= 11 is 2.25. The van der Waals surface area contributed by atoms with Crippen LogP contribution >= 0.6 is 22.6 Å². The van der Waals surface area contributed by atoms with Gasteiger partial charge in [0.05, 0.1) is 9.13 Å². The first-order chi connectivity index (χ1) is 9.11. The van der Waals surface area contributed by atoms with Crippen LogP contribution in [0.3, 0.4) is 0 Å². The second kappa shape index (κ2) is 6.18. The average molecular weight is 369 g/mol. The van der Waals surface area contributed by atoms with Crippen LogP contribution in [-0.4, -0.2) is 16.5 Å². The van der Waals surface area contributed by atoms with Gasteiger partial charge in [-0.1, -0.05) is 12.1 Å². The molecule has 0 aliphatic rings. The number of halogens is 1. The van der Waals surface area contributed by atoms with Crippen LogP contribution in [0.5, 0.6) is 11.6 Å². The van der Waals surface area contributed by atoms with Crippen LogP contribution in [0.2, 0.25) is 0 Å². The number of hydrogen-bond acceptors (Lipinski definition) is 4. The third kappa shape index (κ3) is 3.34. The van der Waals surface area contributed by atoms with E-state index in [2.05, 4.69) is 37.9 Å². The smallest absolute Gasteiger partial charge is 0.227 e. The number of ether oxygens (including phenoxy) is 1. The van der Waals surface area contributed by atoms with Crippen LogP contribution in [0.4, 0.5) is 5.82 Å². The molecule has 1 aromatic carbocycles. The van der Waals surface area contributed by atoms with Crippen molar-refractivity contribution in [3.05, 3.63) is 39.2 Å². The van der Waals surface area contributed by atoms with Crippen molar-refractivity contribution in [1.82, 2.24) is 9.97 Å². The monoisotopic (exact) mass is 369 g/mol. The number of rotatable bonds is 4. The molecule has 0 saturated heterocycles. The lowest BCUT2D eigenvalue weighted by atomic mass is 10.3. The molecule has 1 heterocycles. The maximum atomic E-state index is 5.91. The van der Waals surface area contributed by atoms with Crippen LogP contribution < -0.4 is 10.1 Å². The van der Waals surface area contributed by atoms with E-state index in [1.807, 2.05) is 45.0 Å². The second-order valence-corrected chi connectivity index (χ2v) is 5.27. The summed E-state index contributed by atoms with van der Waals surface area (Å²) in [5.74, 6) is 2.94. The molecule has 5 heteroatoms. The van der Waals surface area contributed by atoms with Gasteiger partial charge in [-0.3, -0.25) is 0 Å². The Morgan fingerprint density at radius 3 is 2.63 bits per heavy atom. The van der Waals surface area contributed by atoms with Crippen molar-refractivity contribution in [3.63, 3.8) is 0 Å².